The van der Waals surface area contributed by atoms with E-state index in [1.165, 1.54) is 36.9 Å². The van der Waals surface area contributed by atoms with E-state index in [0.717, 1.165) is 33.4 Å². The minimum atomic E-state index is 0.645. The molecular formula is C45H29N3S. The summed E-state index contributed by atoms with van der Waals surface area (Å²) in [5.41, 5.74) is 9.86. The van der Waals surface area contributed by atoms with E-state index in [2.05, 4.69) is 164 Å². The van der Waals surface area contributed by atoms with Crippen LogP contribution in [-0.2, 0) is 0 Å². The number of hydrogen-bond donors (Lipinski definition) is 0. The zero-order valence-corrected chi connectivity index (χ0v) is 27.3. The first-order valence-corrected chi connectivity index (χ1v) is 17.2. The van der Waals surface area contributed by atoms with Crippen LogP contribution in [0.1, 0.15) is 0 Å². The fourth-order valence-electron chi connectivity index (χ4n) is 6.47. The summed E-state index contributed by atoms with van der Waals surface area (Å²) in [4.78, 5) is 15.4. The highest BCUT2D eigenvalue weighted by atomic mass is 32.1. The van der Waals surface area contributed by atoms with Crippen LogP contribution < -0.4 is 0 Å². The SMILES string of the molecule is c1ccc(-c2ccc(-c3nc(-c4cccc(-c5cccc(-c6ccccc6)c5)c4)nc(-c4cccc5c4sc4ccccc45)n3)cc2)cc1. The summed E-state index contributed by atoms with van der Waals surface area (Å²) >= 11 is 1.78. The molecule has 0 radical (unpaired) electrons. The minimum Gasteiger partial charge on any atom is -0.208 e. The van der Waals surface area contributed by atoms with Crippen LogP contribution in [0.4, 0.5) is 0 Å². The van der Waals surface area contributed by atoms with Crippen molar-refractivity contribution in [3.63, 3.8) is 0 Å². The second kappa shape index (κ2) is 12.4. The second-order valence-corrected chi connectivity index (χ2v) is 13.1. The summed E-state index contributed by atoms with van der Waals surface area (Å²) in [5, 5.41) is 2.47. The molecule has 0 saturated carbocycles. The smallest absolute Gasteiger partial charge is 0.165 e. The van der Waals surface area contributed by atoms with Crippen LogP contribution >= 0.6 is 11.3 Å². The molecule has 0 spiro atoms. The third-order valence-electron chi connectivity index (χ3n) is 8.95. The third kappa shape index (κ3) is 5.58. The highest BCUT2D eigenvalue weighted by Gasteiger charge is 2.17. The Kier molecular flexibility index (Phi) is 7.34. The molecule has 0 aliphatic rings. The first kappa shape index (κ1) is 29.0. The van der Waals surface area contributed by atoms with Gasteiger partial charge in [-0.2, -0.15) is 0 Å². The Balaban J connectivity index is 1.19. The van der Waals surface area contributed by atoms with E-state index < -0.39 is 0 Å². The van der Waals surface area contributed by atoms with Gasteiger partial charge < -0.3 is 0 Å². The zero-order chi connectivity index (χ0) is 32.6. The normalized spacial score (nSPS) is 11.3. The lowest BCUT2D eigenvalue weighted by Crippen LogP contribution is -2.00. The van der Waals surface area contributed by atoms with Crippen molar-refractivity contribution in [2.24, 2.45) is 0 Å². The molecular weight excluding hydrogens is 615 g/mol. The van der Waals surface area contributed by atoms with Crippen LogP contribution in [0.2, 0.25) is 0 Å². The van der Waals surface area contributed by atoms with Crippen LogP contribution in [0, 0.1) is 0 Å². The van der Waals surface area contributed by atoms with E-state index in [0.29, 0.717) is 17.5 Å². The molecule has 49 heavy (non-hydrogen) atoms. The van der Waals surface area contributed by atoms with E-state index in [1.54, 1.807) is 11.3 Å². The predicted octanol–water partition coefficient (Wildman–Crippen LogP) is 12.2. The van der Waals surface area contributed by atoms with Crippen molar-refractivity contribution in [2.45, 2.75) is 0 Å². The van der Waals surface area contributed by atoms with Gasteiger partial charge in [0.25, 0.3) is 0 Å². The Morgan fingerprint density at radius 3 is 1.47 bits per heavy atom. The molecule has 9 rings (SSSR count). The molecule has 0 aliphatic carbocycles. The monoisotopic (exact) mass is 643 g/mol. The number of benzene rings is 7. The molecule has 2 heterocycles. The van der Waals surface area contributed by atoms with Crippen LogP contribution in [-0.4, -0.2) is 15.0 Å². The van der Waals surface area contributed by atoms with Crippen LogP contribution in [0.3, 0.4) is 0 Å². The quantitative estimate of drug-likeness (QED) is 0.181. The lowest BCUT2D eigenvalue weighted by molar-refractivity contribution is 1.08. The van der Waals surface area contributed by atoms with Gasteiger partial charge in [-0.05, 0) is 57.6 Å². The van der Waals surface area contributed by atoms with E-state index in [-0.39, 0.29) is 0 Å². The summed E-state index contributed by atoms with van der Waals surface area (Å²) in [6, 6.07) is 61.6. The van der Waals surface area contributed by atoms with Crippen molar-refractivity contribution < 1.29 is 0 Å². The lowest BCUT2D eigenvalue weighted by Gasteiger charge is -2.11. The summed E-state index contributed by atoms with van der Waals surface area (Å²) in [6.07, 6.45) is 0. The Hall–Kier alpha value is -6.23. The topological polar surface area (TPSA) is 38.7 Å². The van der Waals surface area contributed by atoms with Gasteiger partial charge in [0, 0.05) is 36.9 Å². The van der Waals surface area contributed by atoms with Crippen molar-refractivity contribution in [1.82, 2.24) is 15.0 Å². The van der Waals surface area contributed by atoms with Crippen molar-refractivity contribution in [3.05, 3.63) is 176 Å². The zero-order valence-electron chi connectivity index (χ0n) is 26.5. The molecule has 230 valence electrons. The van der Waals surface area contributed by atoms with Gasteiger partial charge in [0.15, 0.2) is 17.5 Å². The Morgan fingerprint density at radius 1 is 0.306 bits per heavy atom. The van der Waals surface area contributed by atoms with Crippen molar-refractivity contribution >= 4 is 31.5 Å². The van der Waals surface area contributed by atoms with Crippen LogP contribution in [0.25, 0.3) is 87.7 Å². The van der Waals surface area contributed by atoms with Crippen LogP contribution in [0.15, 0.2) is 176 Å². The van der Waals surface area contributed by atoms with E-state index in [9.17, 15) is 0 Å². The van der Waals surface area contributed by atoms with Crippen molar-refractivity contribution in [2.75, 3.05) is 0 Å². The van der Waals surface area contributed by atoms with Gasteiger partial charge in [0.05, 0.1) is 0 Å². The van der Waals surface area contributed by atoms with Gasteiger partial charge in [-0.1, -0.05) is 152 Å². The third-order valence-corrected chi connectivity index (χ3v) is 10.2. The highest BCUT2D eigenvalue weighted by Crippen LogP contribution is 2.40. The summed E-state index contributed by atoms with van der Waals surface area (Å²) < 4.78 is 2.43. The summed E-state index contributed by atoms with van der Waals surface area (Å²) in [5.74, 6) is 1.96. The van der Waals surface area contributed by atoms with Gasteiger partial charge in [-0.3, -0.25) is 0 Å². The maximum absolute atomic E-state index is 5.17. The molecule has 4 heteroatoms. The largest absolute Gasteiger partial charge is 0.208 e. The van der Waals surface area contributed by atoms with Gasteiger partial charge in [0.1, 0.15) is 0 Å². The van der Waals surface area contributed by atoms with Gasteiger partial charge in [-0.15, -0.1) is 11.3 Å². The Morgan fingerprint density at radius 2 is 0.755 bits per heavy atom. The molecule has 0 fully saturated rings. The maximum Gasteiger partial charge on any atom is 0.165 e. The molecule has 0 unspecified atom stereocenters. The molecule has 2 aromatic heterocycles. The maximum atomic E-state index is 5.17. The minimum absolute atomic E-state index is 0.645. The first-order chi connectivity index (χ1) is 24.3. The average molecular weight is 644 g/mol. The number of nitrogens with zero attached hydrogens (tertiary/aromatic N) is 3. The van der Waals surface area contributed by atoms with Crippen LogP contribution in [0.5, 0.6) is 0 Å². The predicted molar refractivity (Wildman–Crippen MR) is 205 cm³/mol. The summed E-state index contributed by atoms with van der Waals surface area (Å²) in [7, 11) is 0. The molecule has 0 aliphatic heterocycles. The fraction of sp³-hybridized carbons (Fsp3) is 0. The molecule has 9 aromatic rings. The van der Waals surface area contributed by atoms with Gasteiger partial charge >= 0.3 is 0 Å². The van der Waals surface area contributed by atoms with Gasteiger partial charge in [0.2, 0.25) is 0 Å². The molecule has 0 atom stereocenters. The van der Waals surface area contributed by atoms with E-state index in [1.807, 2.05) is 12.1 Å². The summed E-state index contributed by atoms with van der Waals surface area (Å²) in [6.45, 7) is 0. The van der Waals surface area contributed by atoms with E-state index in [4.69, 9.17) is 15.0 Å². The highest BCUT2D eigenvalue weighted by molar-refractivity contribution is 7.26. The molecule has 0 saturated heterocycles. The number of hydrogen-bond acceptors (Lipinski definition) is 4. The average Bonchev–Trinajstić information content (AvgIpc) is 3.58. The first-order valence-electron chi connectivity index (χ1n) is 16.4. The van der Waals surface area contributed by atoms with Gasteiger partial charge in [-0.25, -0.2) is 15.0 Å². The van der Waals surface area contributed by atoms with Crippen molar-refractivity contribution in [1.29, 1.82) is 0 Å². The Labute approximate surface area is 288 Å². The number of fused-ring (bicyclic) bond motifs is 3. The number of aromatic nitrogens is 3. The molecule has 0 N–H and O–H groups in total. The fourth-order valence-corrected chi connectivity index (χ4v) is 7.68. The molecule has 3 nitrogen and oxygen atoms in total. The standard InChI is InChI=1S/C45H29N3S/c1-3-12-30(13-4-1)32-24-26-33(27-25-32)43-46-44(48-45(47-43)40-22-11-21-39-38-20-7-8-23-41(38)49-42(39)40)37-19-10-18-36(29-37)35-17-9-16-34(28-35)31-14-5-2-6-15-31/h1-29H. The Bertz CT molecular complexity index is 2590. The van der Waals surface area contributed by atoms with E-state index >= 15 is 0 Å². The molecule has 0 amide bonds. The second-order valence-electron chi connectivity index (χ2n) is 12.1. The molecule has 0 bridgehead atoms. The molecule has 7 aromatic carbocycles. The lowest BCUT2D eigenvalue weighted by atomic mass is 9.98. The number of rotatable bonds is 6. The van der Waals surface area contributed by atoms with Crippen molar-refractivity contribution in [3.8, 4) is 67.5 Å². The number of thiophene rings is 1.